The van der Waals surface area contributed by atoms with E-state index in [4.69, 9.17) is 27.3 Å². The minimum absolute atomic E-state index is 0.0826. The van der Waals surface area contributed by atoms with E-state index in [0.29, 0.717) is 22.9 Å². The SMILES string of the molecule is Cc1ccc(Cl)c(OCc2ccc(/C(N)=N/O)cc2)c1. The van der Waals surface area contributed by atoms with E-state index in [1.807, 2.05) is 37.3 Å². The molecule has 0 radical (unpaired) electrons. The van der Waals surface area contributed by atoms with Gasteiger partial charge in [0.25, 0.3) is 0 Å². The number of hydrogen-bond donors (Lipinski definition) is 2. The number of rotatable bonds is 4. The zero-order chi connectivity index (χ0) is 14.5. The van der Waals surface area contributed by atoms with E-state index in [9.17, 15) is 0 Å². The summed E-state index contributed by atoms with van der Waals surface area (Å²) in [5, 5.41) is 12.1. The molecule has 5 heteroatoms. The van der Waals surface area contributed by atoms with Gasteiger partial charge in [0.15, 0.2) is 5.84 Å². The van der Waals surface area contributed by atoms with E-state index in [2.05, 4.69) is 5.16 Å². The van der Waals surface area contributed by atoms with E-state index >= 15 is 0 Å². The number of benzene rings is 2. The summed E-state index contributed by atoms with van der Waals surface area (Å²) in [6.07, 6.45) is 0. The molecule has 0 heterocycles. The maximum absolute atomic E-state index is 8.59. The van der Waals surface area contributed by atoms with Crippen molar-refractivity contribution in [1.82, 2.24) is 0 Å². The highest BCUT2D eigenvalue weighted by atomic mass is 35.5. The Balaban J connectivity index is 2.06. The summed E-state index contributed by atoms with van der Waals surface area (Å²) in [6, 6.07) is 12.9. The fourth-order valence-electron chi connectivity index (χ4n) is 1.71. The highest BCUT2D eigenvalue weighted by molar-refractivity contribution is 6.32. The van der Waals surface area contributed by atoms with Crippen LogP contribution in [-0.2, 0) is 6.61 Å². The summed E-state index contributed by atoms with van der Waals surface area (Å²) in [6.45, 7) is 2.38. The first-order valence-corrected chi connectivity index (χ1v) is 6.43. The fraction of sp³-hybridized carbons (Fsp3) is 0.133. The predicted molar refractivity (Wildman–Crippen MR) is 79.5 cm³/mol. The van der Waals surface area contributed by atoms with Gasteiger partial charge in [-0.1, -0.05) is 47.1 Å². The average Bonchev–Trinajstić information content (AvgIpc) is 2.48. The number of amidine groups is 1. The first-order valence-electron chi connectivity index (χ1n) is 6.06. The Labute approximate surface area is 122 Å². The molecule has 0 spiro atoms. The van der Waals surface area contributed by atoms with Gasteiger partial charge in [0.1, 0.15) is 12.4 Å². The van der Waals surface area contributed by atoms with Crippen molar-refractivity contribution < 1.29 is 9.94 Å². The Kier molecular flexibility index (Phi) is 4.48. The second-order valence-electron chi connectivity index (χ2n) is 4.40. The largest absolute Gasteiger partial charge is 0.487 e. The summed E-state index contributed by atoms with van der Waals surface area (Å²) in [5.41, 5.74) is 8.21. The van der Waals surface area contributed by atoms with E-state index in [1.165, 1.54) is 0 Å². The molecule has 2 aromatic rings. The van der Waals surface area contributed by atoms with Gasteiger partial charge in [-0.15, -0.1) is 0 Å². The molecule has 2 rings (SSSR count). The lowest BCUT2D eigenvalue weighted by Gasteiger charge is -2.09. The van der Waals surface area contributed by atoms with Crippen molar-refractivity contribution in [3.8, 4) is 5.75 Å². The second kappa shape index (κ2) is 6.30. The Morgan fingerprint density at radius 3 is 2.60 bits per heavy atom. The van der Waals surface area contributed by atoms with Crippen LogP contribution >= 0.6 is 11.6 Å². The zero-order valence-electron chi connectivity index (χ0n) is 11.0. The zero-order valence-corrected chi connectivity index (χ0v) is 11.8. The van der Waals surface area contributed by atoms with Crippen LogP contribution in [0.25, 0.3) is 0 Å². The molecule has 104 valence electrons. The van der Waals surface area contributed by atoms with Crippen LogP contribution in [0, 0.1) is 6.92 Å². The van der Waals surface area contributed by atoms with Crippen molar-refractivity contribution in [2.45, 2.75) is 13.5 Å². The monoisotopic (exact) mass is 290 g/mol. The third-order valence-electron chi connectivity index (χ3n) is 2.84. The lowest BCUT2D eigenvalue weighted by molar-refractivity contribution is 0.306. The van der Waals surface area contributed by atoms with E-state index in [-0.39, 0.29) is 5.84 Å². The van der Waals surface area contributed by atoms with Crippen LogP contribution in [0.5, 0.6) is 5.75 Å². The van der Waals surface area contributed by atoms with Crippen molar-refractivity contribution in [1.29, 1.82) is 0 Å². The van der Waals surface area contributed by atoms with Gasteiger partial charge in [0.05, 0.1) is 5.02 Å². The van der Waals surface area contributed by atoms with Crippen LogP contribution in [-0.4, -0.2) is 11.0 Å². The van der Waals surface area contributed by atoms with Crippen molar-refractivity contribution in [3.05, 3.63) is 64.2 Å². The molecule has 0 aliphatic heterocycles. The van der Waals surface area contributed by atoms with Gasteiger partial charge in [0.2, 0.25) is 0 Å². The number of nitrogens with zero attached hydrogens (tertiary/aromatic N) is 1. The summed E-state index contributed by atoms with van der Waals surface area (Å²) in [5.74, 6) is 0.742. The molecule has 0 saturated heterocycles. The highest BCUT2D eigenvalue weighted by Crippen LogP contribution is 2.26. The third kappa shape index (κ3) is 3.42. The Bertz CT molecular complexity index is 624. The molecule has 0 unspecified atom stereocenters. The summed E-state index contributed by atoms with van der Waals surface area (Å²) in [7, 11) is 0. The van der Waals surface area contributed by atoms with Gasteiger partial charge in [-0.05, 0) is 30.2 Å². The van der Waals surface area contributed by atoms with Crippen molar-refractivity contribution in [3.63, 3.8) is 0 Å². The van der Waals surface area contributed by atoms with Crippen molar-refractivity contribution in [2.75, 3.05) is 0 Å². The van der Waals surface area contributed by atoms with Gasteiger partial charge < -0.3 is 15.7 Å². The standard InChI is InChI=1S/C15H15ClN2O2/c1-10-2-7-13(16)14(8-10)20-9-11-3-5-12(6-4-11)15(17)18-19/h2-8,19H,9H2,1H3,(H2,17,18). The first kappa shape index (κ1) is 14.2. The lowest BCUT2D eigenvalue weighted by atomic mass is 10.1. The Morgan fingerprint density at radius 2 is 1.95 bits per heavy atom. The summed E-state index contributed by atoms with van der Waals surface area (Å²) >= 11 is 6.06. The lowest BCUT2D eigenvalue weighted by Crippen LogP contribution is -2.12. The molecule has 0 saturated carbocycles. The number of hydrogen-bond acceptors (Lipinski definition) is 3. The van der Waals surface area contributed by atoms with E-state index in [1.54, 1.807) is 12.1 Å². The van der Waals surface area contributed by atoms with Crippen LogP contribution in [0.15, 0.2) is 47.6 Å². The normalized spacial score (nSPS) is 11.4. The van der Waals surface area contributed by atoms with Crippen LogP contribution in [0.1, 0.15) is 16.7 Å². The minimum atomic E-state index is 0.0826. The number of ether oxygens (including phenoxy) is 1. The van der Waals surface area contributed by atoms with Gasteiger partial charge in [-0.2, -0.15) is 0 Å². The van der Waals surface area contributed by atoms with Crippen molar-refractivity contribution in [2.24, 2.45) is 10.9 Å². The smallest absolute Gasteiger partial charge is 0.170 e. The maximum atomic E-state index is 8.59. The molecule has 0 aromatic heterocycles. The van der Waals surface area contributed by atoms with Gasteiger partial charge >= 0.3 is 0 Å². The van der Waals surface area contributed by atoms with Gasteiger partial charge in [-0.3, -0.25) is 0 Å². The third-order valence-corrected chi connectivity index (χ3v) is 3.15. The molecule has 3 N–H and O–H groups in total. The number of oxime groups is 1. The van der Waals surface area contributed by atoms with Gasteiger partial charge in [-0.25, -0.2) is 0 Å². The summed E-state index contributed by atoms with van der Waals surface area (Å²) < 4.78 is 5.69. The second-order valence-corrected chi connectivity index (χ2v) is 4.81. The molecule has 0 fully saturated rings. The molecular weight excluding hydrogens is 276 g/mol. The van der Waals surface area contributed by atoms with Crippen molar-refractivity contribution >= 4 is 17.4 Å². The molecule has 0 aliphatic carbocycles. The maximum Gasteiger partial charge on any atom is 0.170 e. The van der Waals surface area contributed by atoms with Crippen LogP contribution < -0.4 is 10.5 Å². The predicted octanol–water partition coefficient (Wildman–Crippen LogP) is 3.32. The molecule has 4 nitrogen and oxygen atoms in total. The van der Waals surface area contributed by atoms with Gasteiger partial charge in [0, 0.05) is 5.56 Å². The van der Waals surface area contributed by atoms with Crippen LogP contribution in [0.2, 0.25) is 5.02 Å². The molecule has 0 aliphatic rings. The number of aryl methyl sites for hydroxylation is 1. The Hall–Kier alpha value is -2.20. The quantitative estimate of drug-likeness (QED) is 0.393. The summed E-state index contributed by atoms with van der Waals surface area (Å²) in [4.78, 5) is 0. The molecule has 0 atom stereocenters. The van der Waals surface area contributed by atoms with Crippen LogP contribution in [0.4, 0.5) is 0 Å². The topological polar surface area (TPSA) is 67.8 Å². The number of nitrogens with two attached hydrogens (primary N) is 1. The molecular formula is C15H15ClN2O2. The highest BCUT2D eigenvalue weighted by Gasteiger charge is 2.03. The Morgan fingerprint density at radius 1 is 1.25 bits per heavy atom. The van der Waals surface area contributed by atoms with Crippen LogP contribution in [0.3, 0.4) is 0 Å². The molecule has 0 bridgehead atoms. The van der Waals surface area contributed by atoms with E-state index in [0.717, 1.165) is 11.1 Å². The van der Waals surface area contributed by atoms with E-state index < -0.39 is 0 Å². The first-order chi connectivity index (χ1) is 9.60. The minimum Gasteiger partial charge on any atom is -0.487 e. The molecule has 20 heavy (non-hydrogen) atoms. The average molecular weight is 291 g/mol. The molecule has 0 amide bonds. The number of halogens is 1. The fourth-order valence-corrected chi connectivity index (χ4v) is 1.88. The molecule has 2 aromatic carbocycles.